The molecular formula is C19H19N5O3S. The van der Waals surface area contributed by atoms with E-state index in [-0.39, 0.29) is 10.8 Å². The fourth-order valence-electron chi connectivity index (χ4n) is 3.42. The Morgan fingerprint density at radius 2 is 1.86 bits per heavy atom. The van der Waals surface area contributed by atoms with Crippen LogP contribution in [0.4, 0.5) is 5.95 Å². The van der Waals surface area contributed by atoms with Crippen LogP contribution in [0.3, 0.4) is 0 Å². The SMILES string of the molecule is CC(=O)N1CCn2c1nc(-c1cccc(C)n1)c2-c1cccc(S(N)(=O)=O)c1. The van der Waals surface area contributed by atoms with Crippen molar-refractivity contribution in [3.05, 3.63) is 48.2 Å². The van der Waals surface area contributed by atoms with Gasteiger partial charge in [0.05, 0.1) is 16.3 Å². The highest BCUT2D eigenvalue weighted by molar-refractivity contribution is 7.89. The Hall–Kier alpha value is -3.04. The number of rotatable bonds is 3. The van der Waals surface area contributed by atoms with Crippen LogP contribution in [0.2, 0.25) is 0 Å². The Labute approximate surface area is 162 Å². The van der Waals surface area contributed by atoms with Crippen LogP contribution in [0.1, 0.15) is 12.6 Å². The molecule has 0 fully saturated rings. The standard InChI is InChI=1S/C19H19N5O3S/c1-12-5-3-8-16(21-12)17-18(14-6-4-7-15(11-14)28(20,26)27)24-10-9-23(13(2)25)19(24)22-17/h3-8,11H,9-10H2,1-2H3,(H2,20,26,27). The second kappa shape index (κ2) is 6.54. The summed E-state index contributed by atoms with van der Waals surface area (Å²) in [5, 5.41) is 5.31. The molecule has 3 heterocycles. The molecule has 28 heavy (non-hydrogen) atoms. The summed E-state index contributed by atoms with van der Waals surface area (Å²) in [5.41, 5.74) is 3.44. The van der Waals surface area contributed by atoms with Crippen molar-refractivity contribution < 1.29 is 13.2 Å². The topological polar surface area (TPSA) is 111 Å². The molecule has 0 spiro atoms. The van der Waals surface area contributed by atoms with E-state index in [0.717, 1.165) is 5.69 Å². The van der Waals surface area contributed by atoms with Crippen molar-refractivity contribution in [3.63, 3.8) is 0 Å². The second-order valence-electron chi connectivity index (χ2n) is 6.67. The number of anilines is 1. The third kappa shape index (κ3) is 3.08. The highest BCUT2D eigenvalue weighted by Crippen LogP contribution is 2.38. The number of pyridine rings is 1. The van der Waals surface area contributed by atoms with Crippen molar-refractivity contribution in [2.75, 3.05) is 11.4 Å². The van der Waals surface area contributed by atoms with Gasteiger partial charge < -0.3 is 4.57 Å². The van der Waals surface area contributed by atoms with E-state index in [2.05, 4.69) is 4.98 Å². The number of carbonyl (C=O) groups is 1. The zero-order chi connectivity index (χ0) is 20.1. The van der Waals surface area contributed by atoms with Crippen molar-refractivity contribution in [3.8, 4) is 22.6 Å². The van der Waals surface area contributed by atoms with Crippen LogP contribution in [-0.2, 0) is 21.4 Å². The van der Waals surface area contributed by atoms with Gasteiger partial charge in [0.15, 0.2) is 0 Å². The zero-order valence-electron chi connectivity index (χ0n) is 15.5. The van der Waals surface area contributed by atoms with Gasteiger partial charge in [-0.15, -0.1) is 0 Å². The summed E-state index contributed by atoms with van der Waals surface area (Å²) in [6.45, 7) is 4.45. The van der Waals surface area contributed by atoms with Crippen LogP contribution in [0, 0.1) is 6.92 Å². The van der Waals surface area contributed by atoms with E-state index in [1.165, 1.54) is 19.1 Å². The molecule has 9 heteroatoms. The van der Waals surface area contributed by atoms with Gasteiger partial charge in [-0.05, 0) is 31.2 Å². The predicted molar refractivity (Wildman–Crippen MR) is 105 cm³/mol. The molecule has 0 unspecified atom stereocenters. The molecule has 144 valence electrons. The number of primary sulfonamides is 1. The number of fused-ring (bicyclic) bond motifs is 1. The maximum atomic E-state index is 12.0. The monoisotopic (exact) mass is 397 g/mol. The Morgan fingerprint density at radius 3 is 2.54 bits per heavy atom. The van der Waals surface area contributed by atoms with E-state index in [0.29, 0.717) is 41.7 Å². The van der Waals surface area contributed by atoms with Gasteiger partial charge in [0.2, 0.25) is 21.9 Å². The quantitative estimate of drug-likeness (QED) is 0.726. The van der Waals surface area contributed by atoms with E-state index in [4.69, 9.17) is 10.1 Å². The van der Waals surface area contributed by atoms with E-state index in [9.17, 15) is 13.2 Å². The van der Waals surface area contributed by atoms with Crippen LogP contribution >= 0.6 is 0 Å². The summed E-state index contributed by atoms with van der Waals surface area (Å²) in [5.74, 6) is 0.430. The molecule has 4 rings (SSSR count). The number of amides is 1. The van der Waals surface area contributed by atoms with Crippen molar-refractivity contribution in [2.24, 2.45) is 5.14 Å². The third-order valence-electron chi connectivity index (χ3n) is 4.68. The molecule has 0 radical (unpaired) electrons. The van der Waals surface area contributed by atoms with Crippen LogP contribution in [0.25, 0.3) is 22.6 Å². The third-order valence-corrected chi connectivity index (χ3v) is 5.59. The lowest BCUT2D eigenvalue weighted by atomic mass is 10.1. The summed E-state index contributed by atoms with van der Waals surface area (Å²) in [4.78, 5) is 22.9. The van der Waals surface area contributed by atoms with Gasteiger partial charge in [-0.1, -0.05) is 18.2 Å². The fourth-order valence-corrected chi connectivity index (χ4v) is 3.98. The summed E-state index contributed by atoms with van der Waals surface area (Å²) < 4.78 is 25.6. The van der Waals surface area contributed by atoms with Crippen LogP contribution in [0.15, 0.2) is 47.4 Å². The lowest BCUT2D eigenvalue weighted by molar-refractivity contribution is -0.116. The van der Waals surface area contributed by atoms with Gasteiger partial charge in [0.25, 0.3) is 0 Å². The number of imidazole rings is 1. The molecule has 1 aromatic carbocycles. The zero-order valence-corrected chi connectivity index (χ0v) is 16.3. The number of carbonyl (C=O) groups excluding carboxylic acids is 1. The lowest BCUT2D eigenvalue weighted by Crippen LogP contribution is -2.26. The summed E-state index contributed by atoms with van der Waals surface area (Å²) in [7, 11) is -3.85. The molecule has 3 aromatic rings. The van der Waals surface area contributed by atoms with Crippen molar-refractivity contribution in [1.29, 1.82) is 0 Å². The Bertz CT molecular complexity index is 1200. The van der Waals surface area contributed by atoms with E-state index in [1.54, 1.807) is 17.0 Å². The normalized spacial score (nSPS) is 13.6. The highest BCUT2D eigenvalue weighted by atomic mass is 32.2. The molecule has 0 aliphatic carbocycles. The van der Waals surface area contributed by atoms with Crippen LogP contribution in [-0.4, -0.2) is 35.4 Å². The minimum Gasteiger partial charge on any atom is -0.307 e. The molecule has 0 saturated heterocycles. The number of benzene rings is 1. The smallest absolute Gasteiger partial charge is 0.238 e. The molecule has 8 nitrogen and oxygen atoms in total. The maximum absolute atomic E-state index is 12.0. The molecule has 1 aliphatic rings. The first kappa shape index (κ1) is 18.3. The van der Waals surface area contributed by atoms with E-state index < -0.39 is 10.0 Å². The molecule has 0 atom stereocenters. The summed E-state index contributed by atoms with van der Waals surface area (Å²) >= 11 is 0. The molecule has 2 N–H and O–H groups in total. The van der Waals surface area contributed by atoms with E-state index >= 15 is 0 Å². The number of sulfonamides is 1. The van der Waals surface area contributed by atoms with Gasteiger partial charge in [-0.25, -0.2) is 18.5 Å². The second-order valence-corrected chi connectivity index (χ2v) is 8.23. The number of nitrogens with two attached hydrogens (primary N) is 1. The molecular weight excluding hydrogens is 378 g/mol. The number of aryl methyl sites for hydroxylation is 1. The van der Waals surface area contributed by atoms with Gasteiger partial charge in [0.1, 0.15) is 5.69 Å². The van der Waals surface area contributed by atoms with Gasteiger partial charge in [-0.2, -0.15) is 0 Å². The highest BCUT2D eigenvalue weighted by Gasteiger charge is 2.31. The summed E-state index contributed by atoms with van der Waals surface area (Å²) in [6, 6.07) is 12.0. The van der Waals surface area contributed by atoms with Gasteiger partial charge in [-0.3, -0.25) is 14.7 Å². The molecule has 2 aromatic heterocycles. The average Bonchev–Trinajstić information content (AvgIpc) is 3.20. The molecule has 0 bridgehead atoms. The number of hydrogen-bond donors (Lipinski definition) is 1. The summed E-state index contributed by atoms with van der Waals surface area (Å²) in [6.07, 6.45) is 0. The maximum Gasteiger partial charge on any atom is 0.238 e. The first-order valence-electron chi connectivity index (χ1n) is 8.71. The molecule has 0 saturated carbocycles. The lowest BCUT2D eigenvalue weighted by Gasteiger charge is -2.10. The Balaban J connectivity index is 1.99. The number of nitrogens with zero attached hydrogens (tertiary/aromatic N) is 4. The number of hydrogen-bond acceptors (Lipinski definition) is 5. The first-order valence-corrected chi connectivity index (χ1v) is 10.3. The van der Waals surface area contributed by atoms with Crippen molar-refractivity contribution >= 4 is 21.9 Å². The number of aromatic nitrogens is 3. The van der Waals surface area contributed by atoms with Crippen LogP contribution in [0.5, 0.6) is 0 Å². The van der Waals surface area contributed by atoms with Gasteiger partial charge >= 0.3 is 0 Å². The largest absolute Gasteiger partial charge is 0.307 e. The minimum absolute atomic E-state index is 0.0186. The van der Waals surface area contributed by atoms with Gasteiger partial charge in [0, 0.05) is 31.3 Å². The Kier molecular flexibility index (Phi) is 4.28. The predicted octanol–water partition coefficient (Wildman–Crippen LogP) is 1.93. The fraction of sp³-hybridized carbons (Fsp3) is 0.211. The minimum atomic E-state index is -3.85. The molecule has 1 aliphatic heterocycles. The van der Waals surface area contributed by atoms with Crippen molar-refractivity contribution in [1.82, 2.24) is 14.5 Å². The first-order chi connectivity index (χ1) is 13.3. The average molecular weight is 397 g/mol. The molecule has 1 amide bonds. The Morgan fingerprint density at radius 1 is 1.11 bits per heavy atom. The van der Waals surface area contributed by atoms with E-state index in [1.807, 2.05) is 29.7 Å². The van der Waals surface area contributed by atoms with Crippen molar-refractivity contribution in [2.45, 2.75) is 25.3 Å². The van der Waals surface area contributed by atoms with Crippen LogP contribution < -0.4 is 10.0 Å².